The van der Waals surface area contributed by atoms with Crippen LogP contribution in [0.4, 0.5) is 0 Å². The number of hydrogen-bond acceptors (Lipinski definition) is 5. The van der Waals surface area contributed by atoms with E-state index in [1.54, 1.807) is 0 Å². The summed E-state index contributed by atoms with van der Waals surface area (Å²) in [6.45, 7) is 4.89. The first-order valence-corrected chi connectivity index (χ1v) is 9.67. The molecule has 9 nitrogen and oxygen atoms in total. The molecular formula is C18H20N4O5S. The molecule has 0 bridgehead atoms. The molecular weight excluding hydrogens is 384 g/mol. The summed E-state index contributed by atoms with van der Waals surface area (Å²) < 4.78 is 28.6. The number of hydrogen-bond donors (Lipinski definition) is 3. The fraction of sp³-hybridized carbons (Fsp3) is 0.278. The summed E-state index contributed by atoms with van der Waals surface area (Å²) in [4.78, 5) is 35.4. The van der Waals surface area contributed by atoms with Gasteiger partial charge in [-0.3, -0.25) is 19.1 Å². The third kappa shape index (κ3) is 4.76. The number of sulfonamides is 1. The van der Waals surface area contributed by atoms with Crippen molar-refractivity contribution in [1.29, 1.82) is 0 Å². The molecule has 28 heavy (non-hydrogen) atoms. The highest BCUT2D eigenvalue weighted by molar-refractivity contribution is 7.89. The number of aromatic amines is 1. The Labute approximate surface area is 161 Å². The van der Waals surface area contributed by atoms with Gasteiger partial charge >= 0.3 is 5.69 Å². The molecule has 2 aromatic rings. The van der Waals surface area contributed by atoms with Gasteiger partial charge < -0.3 is 5.73 Å². The van der Waals surface area contributed by atoms with Crippen LogP contribution in [0.25, 0.3) is 10.9 Å². The number of carbonyl (C=O) groups is 1. The molecule has 0 saturated heterocycles. The molecule has 1 saturated carbocycles. The van der Waals surface area contributed by atoms with Gasteiger partial charge in [-0.25, -0.2) is 17.9 Å². The van der Waals surface area contributed by atoms with E-state index in [4.69, 9.17) is 6.42 Å². The lowest BCUT2D eigenvalue weighted by Gasteiger charge is -2.13. The van der Waals surface area contributed by atoms with Crippen LogP contribution in [0.3, 0.4) is 0 Å². The summed E-state index contributed by atoms with van der Waals surface area (Å²) in [5, 5.41) is 0.101. The Morgan fingerprint density at radius 3 is 2.57 bits per heavy atom. The minimum atomic E-state index is -3.73. The number of nitrogens with two attached hydrogens (primary N) is 1. The molecule has 10 heteroatoms. The van der Waals surface area contributed by atoms with Gasteiger partial charge in [-0.05, 0) is 44.0 Å². The predicted molar refractivity (Wildman–Crippen MR) is 105 cm³/mol. The lowest BCUT2D eigenvalue weighted by molar-refractivity contribution is -0.113. The molecule has 1 heterocycles. The van der Waals surface area contributed by atoms with Crippen molar-refractivity contribution in [3.05, 3.63) is 51.7 Å². The summed E-state index contributed by atoms with van der Waals surface area (Å²) in [5.41, 5.74) is 3.15. The van der Waals surface area contributed by atoms with E-state index in [-0.39, 0.29) is 16.8 Å². The Hall–Kier alpha value is -3.16. The van der Waals surface area contributed by atoms with Crippen molar-refractivity contribution < 1.29 is 13.2 Å². The molecule has 1 aromatic heterocycles. The molecule has 1 amide bonds. The SMILES string of the molecule is C#CCn1c(=O)[nH]c(=O)c2cc(S(=O)(=O)NC3(C)CC3)ccc21.C=CC(N)=O. The van der Waals surface area contributed by atoms with Gasteiger partial charge in [0, 0.05) is 5.54 Å². The predicted octanol–water partition coefficient (Wildman–Crippen LogP) is -0.188. The first kappa shape index (κ1) is 21.1. The van der Waals surface area contributed by atoms with Crippen molar-refractivity contribution in [3.63, 3.8) is 0 Å². The van der Waals surface area contributed by atoms with Gasteiger partial charge in [0.1, 0.15) is 0 Å². The first-order valence-electron chi connectivity index (χ1n) is 8.19. The Morgan fingerprint density at radius 1 is 1.46 bits per heavy atom. The van der Waals surface area contributed by atoms with E-state index in [0.29, 0.717) is 5.52 Å². The number of rotatable bonds is 5. The molecule has 1 aliphatic rings. The molecule has 1 aliphatic carbocycles. The molecule has 3 rings (SSSR count). The fourth-order valence-corrected chi connectivity index (χ4v) is 3.85. The fourth-order valence-electron chi connectivity index (χ4n) is 2.36. The molecule has 0 aliphatic heterocycles. The average Bonchev–Trinajstić information content (AvgIpc) is 3.34. The summed E-state index contributed by atoms with van der Waals surface area (Å²) in [5.74, 6) is 1.85. The normalized spacial score (nSPS) is 14.4. The largest absolute Gasteiger partial charge is 0.366 e. The van der Waals surface area contributed by atoms with Crippen LogP contribution >= 0.6 is 0 Å². The van der Waals surface area contributed by atoms with Gasteiger partial charge in [0.2, 0.25) is 15.9 Å². The number of H-pyrrole nitrogens is 1. The van der Waals surface area contributed by atoms with Crippen LogP contribution in [-0.4, -0.2) is 29.4 Å². The maximum Gasteiger partial charge on any atom is 0.329 e. The second kappa shape index (κ2) is 7.84. The summed E-state index contributed by atoms with van der Waals surface area (Å²) in [7, 11) is -3.73. The van der Waals surface area contributed by atoms with E-state index >= 15 is 0 Å². The van der Waals surface area contributed by atoms with E-state index in [2.05, 4.69) is 27.9 Å². The highest BCUT2D eigenvalue weighted by Gasteiger charge is 2.41. The van der Waals surface area contributed by atoms with Gasteiger partial charge in [-0.15, -0.1) is 6.42 Å². The minimum absolute atomic E-state index is 0.0190. The van der Waals surface area contributed by atoms with Crippen LogP contribution in [-0.2, 0) is 21.4 Å². The number of nitrogens with one attached hydrogen (secondary N) is 2. The number of aromatic nitrogens is 2. The number of primary amides is 1. The summed E-state index contributed by atoms with van der Waals surface area (Å²) >= 11 is 0. The first-order chi connectivity index (χ1) is 13.0. The topological polar surface area (TPSA) is 144 Å². The molecule has 0 unspecified atom stereocenters. The number of carbonyl (C=O) groups excluding carboxylic acids is 1. The Balaban J connectivity index is 0.000000500. The molecule has 1 fully saturated rings. The maximum atomic E-state index is 12.4. The van der Waals surface area contributed by atoms with E-state index < -0.39 is 32.7 Å². The minimum Gasteiger partial charge on any atom is -0.366 e. The lowest BCUT2D eigenvalue weighted by atomic mass is 10.2. The van der Waals surface area contributed by atoms with Gasteiger partial charge in [-0.2, -0.15) is 0 Å². The van der Waals surface area contributed by atoms with Crippen LogP contribution in [0.1, 0.15) is 19.8 Å². The number of benzene rings is 1. The zero-order chi connectivity index (χ0) is 21.1. The van der Waals surface area contributed by atoms with E-state index in [0.717, 1.165) is 18.9 Å². The molecule has 0 atom stereocenters. The Bertz CT molecular complexity index is 1200. The Kier molecular flexibility index (Phi) is 5.92. The summed E-state index contributed by atoms with van der Waals surface area (Å²) in [6.07, 6.45) is 7.84. The van der Waals surface area contributed by atoms with Gasteiger partial charge in [0.25, 0.3) is 5.56 Å². The number of nitrogens with zero attached hydrogens (tertiary/aromatic N) is 1. The zero-order valence-electron chi connectivity index (χ0n) is 15.2. The molecule has 4 N–H and O–H groups in total. The standard InChI is InChI=1S/C15H15N3O4S.C3H5NO/c1-3-8-18-12-5-4-10(9-11(12)13(19)16-14(18)20)23(21,22)17-15(2)6-7-15;1-2-3(4)5/h1,4-5,9,17H,6-8H2,2H3,(H,16,19,20);2H,1H2,(H2,4,5). The monoisotopic (exact) mass is 404 g/mol. The molecule has 148 valence electrons. The number of amides is 1. The smallest absolute Gasteiger partial charge is 0.329 e. The summed E-state index contributed by atoms with van der Waals surface area (Å²) in [6, 6.07) is 4.05. The average molecular weight is 404 g/mol. The zero-order valence-corrected chi connectivity index (χ0v) is 16.0. The number of terminal acetylenes is 1. The second-order valence-electron chi connectivity index (χ2n) is 6.50. The lowest BCUT2D eigenvalue weighted by Crippen LogP contribution is -2.34. The highest BCUT2D eigenvalue weighted by atomic mass is 32.2. The van der Waals surface area contributed by atoms with Gasteiger partial charge in [0.05, 0.1) is 22.3 Å². The van der Waals surface area contributed by atoms with Crippen molar-refractivity contribution in [1.82, 2.24) is 14.3 Å². The maximum absolute atomic E-state index is 12.4. The van der Waals surface area contributed by atoms with Crippen LogP contribution in [0.15, 0.2) is 45.3 Å². The van der Waals surface area contributed by atoms with E-state index in [1.165, 1.54) is 22.8 Å². The molecule has 0 radical (unpaired) electrons. The quantitative estimate of drug-likeness (QED) is 0.467. The highest BCUT2D eigenvalue weighted by Crippen LogP contribution is 2.36. The van der Waals surface area contributed by atoms with Crippen molar-refractivity contribution in [2.24, 2.45) is 5.73 Å². The Morgan fingerprint density at radius 2 is 2.07 bits per heavy atom. The second-order valence-corrected chi connectivity index (χ2v) is 8.18. The van der Waals surface area contributed by atoms with Crippen molar-refractivity contribution >= 4 is 26.8 Å². The molecule has 0 spiro atoms. The van der Waals surface area contributed by atoms with Crippen LogP contribution in [0.2, 0.25) is 0 Å². The van der Waals surface area contributed by atoms with E-state index in [1.807, 2.05) is 6.92 Å². The van der Waals surface area contributed by atoms with Crippen molar-refractivity contribution in [3.8, 4) is 12.3 Å². The van der Waals surface area contributed by atoms with Gasteiger partial charge in [-0.1, -0.05) is 12.5 Å². The van der Waals surface area contributed by atoms with Crippen LogP contribution < -0.4 is 21.7 Å². The third-order valence-electron chi connectivity index (χ3n) is 4.11. The van der Waals surface area contributed by atoms with Crippen molar-refractivity contribution in [2.75, 3.05) is 0 Å². The molecule has 1 aromatic carbocycles. The van der Waals surface area contributed by atoms with Crippen LogP contribution in [0.5, 0.6) is 0 Å². The number of fused-ring (bicyclic) bond motifs is 1. The van der Waals surface area contributed by atoms with E-state index in [9.17, 15) is 22.8 Å². The third-order valence-corrected chi connectivity index (χ3v) is 5.75. The van der Waals surface area contributed by atoms with Gasteiger partial charge in [0.15, 0.2) is 0 Å². The van der Waals surface area contributed by atoms with Crippen LogP contribution in [0, 0.1) is 12.3 Å². The van der Waals surface area contributed by atoms with Crippen molar-refractivity contribution in [2.45, 2.75) is 36.7 Å².